The maximum absolute atomic E-state index is 12.1. The van der Waals surface area contributed by atoms with Crippen LogP contribution < -0.4 is 5.32 Å². The predicted octanol–water partition coefficient (Wildman–Crippen LogP) is 5.05. The van der Waals surface area contributed by atoms with Gasteiger partial charge in [0.1, 0.15) is 0 Å². The molecule has 0 fully saturated rings. The van der Waals surface area contributed by atoms with E-state index in [0.29, 0.717) is 21.5 Å². The number of aromatic nitrogens is 2. The molecule has 4 nitrogen and oxygen atoms in total. The van der Waals surface area contributed by atoms with Crippen molar-refractivity contribution >= 4 is 46.6 Å². The SMILES string of the molecule is O=C(CSCc1ccc(-n2cccn2)cc1)Nc1c(Cl)cccc1Cl. The number of hydrogen-bond donors (Lipinski definition) is 1. The minimum absolute atomic E-state index is 0.131. The molecule has 0 saturated carbocycles. The monoisotopic (exact) mass is 391 g/mol. The van der Waals surface area contributed by atoms with E-state index in [0.717, 1.165) is 17.0 Å². The number of carbonyl (C=O) groups excluding carboxylic acids is 1. The number of nitrogens with zero attached hydrogens (tertiary/aromatic N) is 2. The fourth-order valence-electron chi connectivity index (χ4n) is 2.22. The molecule has 0 bridgehead atoms. The topological polar surface area (TPSA) is 46.9 Å². The average Bonchev–Trinajstić information content (AvgIpc) is 3.13. The second-order valence-corrected chi connectivity index (χ2v) is 7.05. The molecule has 2 aromatic carbocycles. The number of thioether (sulfide) groups is 1. The molecule has 0 aliphatic heterocycles. The van der Waals surface area contributed by atoms with Crippen LogP contribution in [0.4, 0.5) is 5.69 Å². The lowest BCUT2D eigenvalue weighted by molar-refractivity contribution is -0.113. The largest absolute Gasteiger partial charge is 0.323 e. The van der Waals surface area contributed by atoms with Gasteiger partial charge in [-0.05, 0) is 35.9 Å². The Hall–Kier alpha value is -1.95. The van der Waals surface area contributed by atoms with Gasteiger partial charge in [-0.15, -0.1) is 11.8 Å². The van der Waals surface area contributed by atoms with Gasteiger partial charge in [-0.3, -0.25) is 4.79 Å². The molecule has 0 atom stereocenters. The van der Waals surface area contributed by atoms with Crippen LogP contribution in [0.5, 0.6) is 0 Å². The summed E-state index contributed by atoms with van der Waals surface area (Å²) in [6.07, 6.45) is 3.64. The van der Waals surface area contributed by atoms with Crippen LogP contribution in [0, 0.1) is 0 Å². The first kappa shape index (κ1) is 17.9. The fourth-order valence-corrected chi connectivity index (χ4v) is 3.50. The number of anilines is 1. The summed E-state index contributed by atoms with van der Waals surface area (Å²) in [6, 6.07) is 15.1. The zero-order valence-corrected chi connectivity index (χ0v) is 15.5. The van der Waals surface area contributed by atoms with Crippen LogP contribution in [-0.2, 0) is 10.5 Å². The van der Waals surface area contributed by atoms with Crippen molar-refractivity contribution in [3.63, 3.8) is 0 Å². The maximum atomic E-state index is 12.1. The summed E-state index contributed by atoms with van der Waals surface area (Å²) in [7, 11) is 0. The summed E-state index contributed by atoms with van der Waals surface area (Å²) in [6.45, 7) is 0. The number of nitrogens with one attached hydrogen (secondary N) is 1. The molecule has 1 amide bonds. The maximum Gasteiger partial charge on any atom is 0.234 e. The molecular formula is C18H15Cl2N3OS. The highest BCUT2D eigenvalue weighted by Crippen LogP contribution is 2.30. The Bertz CT molecular complexity index is 831. The van der Waals surface area contributed by atoms with Crippen LogP contribution in [0.1, 0.15) is 5.56 Å². The van der Waals surface area contributed by atoms with E-state index >= 15 is 0 Å². The highest BCUT2D eigenvalue weighted by atomic mass is 35.5. The number of amides is 1. The second-order valence-electron chi connectivity index (χ2n) is 5.25. The third-order valence-corrected chi connectivity index (χ3v) is 5.07. The number of para-hydroxylation sites is 1. The molecule has 128 valence electrons. The van der Waals surface area contributed by atoms with Crippen LogP contribution in [0.2, 0.25) is 10.0 Å². The van der Waals surface area contributed by atoms with Crippen molar-refractivity contribution in [3.8, 4) is 5.69 Å². The molecular weight excluding hydrogens is 377 g/mol. The van der Waals surface area contributed by atoms with E-state index in [1.165, 1.54) is 11.8 Å². The number of hydrogen-bond acceptors (Lipinski definition) is 3. The molecule has 3 rings (SSSR count). The predicted molar refractivity (Wildman–Crippen MR) is 105 cm³/mol. The van der Waals surface area contributed by atoms with Gasteiger partial charge in [0.05, 0.1) is 27.2 Å². The Labute approximate surface area is 160 Å². The van der Waals surface area contributed by atoms with Crippen LogP contribution in [0.15, 0.2) is 60.9 Å². The first-order valence-electron chi connectivity index (χ1n) is 7.54. The lowest BCUT2D eigenvalue weighted by Gasteiger charge is -2.09. The molecule has 0 unspecified atom stereocenters. The highest BCUT2D eigenvalue weighted by molar-refractivity contribution is 7.99. The summed E-state index contributed by atoms with van der Waals surface area (Å²) < 4.78 is 1.80. The zero-order chi connectivity index (χ0) is 17.6. The van der Waals surface area contributed by atoms with E-state index < -0.39 is 0 Å². The quantitative estimate of drug-likeness (QED) is 0.639. The van der Waals surface area contributed by atoms with Crippen molar-refractivity contribution in [2.24, 2.45) is 0 Å². The Morgan fingerprint density at radius 2 is 1.80 bits per heavy atom. The van der Waals surface area contributed by atoms with Gasteiger partial charge >= 0.3 is 0 Å². The number of carbonyl (C=O) groups is 1. The van der Waals surface area contributed by atoms with Gasteiger partial charge in [-0.2, -0.15) is 5.10 Å². The minimum Gasteiger partial charge on any atom is -0.323 e. The van der Waals surface area contributed by atoms with Gasteiger partial charge < -0.3 is 5.32 Å². The van der Waals surface area contributed by atoms with Crippen LogP contribution >= 0.6 is 35.0 Å². The molecule has 0 aliphatic carbocycles. The number of halogens is 2. The van der Waals surface area contributed by atoms with E-state index in [-0.39, 0.29) is 5.91 Å². The Morgan fingerprint density at radius 3 is 2.44 bits per heavy atom. The molecule has 3 aromatic rings. The van der Waals surface area contributed by atoms with Gasteiger partial charge in [0.25, 0.3) is 0 Å². The van der Waals surface area contributed by atoms with Crippen molar-refractivity contribution in [3.05, 3.63) is 76.5 Å². The third-order valence-electron chi connectivity index (χ3n) is 3.43. The molecule has 7 heteroatoms. The standard InChI is InChI=1S/C18H15Cl2N3OS/c19-15-3-1-4-16(20)18(15)22-17(24)12-25-11-13-5-7-14(8-6-13)23-10-2-9-21-23/h1-10H,11-12H2,(H,22,24). The fraction of sp³-hybridized carbons (Fsp3) is 0.111. The van der Waals surface area contributed by atoms with Gasteiger partial charge in [-0.1, -0.05) is 41.4 Å². The summed E-state index contributed by atoms with van der Waals surface area (Å²) in [4.78, 5) is 12.1. The van der Waals surface area contributed by atoms with Gasteiger partial charge in [0.15, 0.2) is 0 Å². The van der Waals surface area contributed by atoms with Gasteiger partial charge in [0, 0.05) is 18.1 Å². The van der Waals surface area contributed by atoms with E-state index in [1.807, 2.05) is 36.5 Å². The van der Waals surface area contributed by atoms with Crippen molar-refractivity contribution in [1.82, 2.24) is 9.78 Å². The number of rotatable bonds is 6. The Morgan fingerprint density at radius 1 is 1.08 bits per heavy atom. The van der Waals surface area contributed by atoms with E-state index in [1.54, 1.807) is 29.1 Å². The molecule has 0 spiro atoms. The minimum atomic E-state index is -0.131. The smallest absolute Gasteiger partial charge is 0.234 e. The first-order chi connectivity index (χ1) is 12.1. The molecule has 25 heavy (non-hydrogen) atoms. The molecule has 0 aliphatic rings. The summed E-state index contributed by atoms with van der Waals surface area (Å²) in [5.41, 5.74) is 2.61. The number of benzene rings is 2. The lowest BCUT2D eigenvalue weighted by Crippen LogP contribution is -2.14. The normalized spacial score (nSPS) is 10.6. The Kier molecular flexibility index (Phi) is 6.02. The molecule has 1 N–H and O–H groups in total. The van der Waals surface area contributed by atoms with Gasteiger partial charge in [-0.25, -0.2) is 4.68 Å². The van der Waals surface area contributed by atoms with Crippen molar-refractivity contribution in [2.75, 3.05) is 11.1 Å². The van der Waals surface area contributed by atoms with Crippen molar-refractivity contribution < 1.29 is 4.79 Å². The molecule has 1 heterocycles. The lowest BCUT2D eigenvalue weighted by atomic mass is 10.2. The zero-order valence-electron chi connectivity index (χ0n) is 13.2. The van der Waals surface area contributed by atoms with E-state index in [9.17, 15) is 4.79 Å². The Balaban J connectivity index is 1.50. The summed E-state index contributed by atoms with van der Waals surface area (Å²) in [5, 5.41) is 7.81. The highest BCUT2D eigenvalue weighted by Gasteiger charge is 2.09. The van der Waals surface area contributed by atoms with Crippen LogP contribution in [-0.4, -0.2) is 21.4 Å². The molecule has 1 aromatic heterocycles. The average molecular weight is 392 g/mol. The molecule has 0 saturated heterocycles. The third kappa shape index (κ3) is 4.78. The van der Waals surface area contributed by atoms with Crippen molar-refractivity contribution in [1.29, 1.82) is 0 Å². The van der Waals surface area contributed by atoms with Crippen LogP contribution in [0.25, 0.3) is 5.69 Å². The van der Waals surface area contributed by atoms with E-state index in [2.05, 4.69) is 10.4 Å². The molecule has 0 radical (unpaired) electrons. The van der Waals surface area contributed by atoms with E-state index in [4.69, 9.17) is 23.2 Å². The summed E-state index contributed by atoms with van der Waals surface area (Å²) in [5.74, 6) is 0.930. The van der Waals surface area contributed by atoms with Crippen molar-refractivity contribution in [2.45, 2.75) is 5.75 Å². The summed E-state index contributed by atoms with van der Waals surface area (Å²) >= 11 is 13.6. The van der Waals surface area contributed by atoms with Crippen LogP contribution in [0.3, 0.4) is 0 Å². The second kappa shape index (κ2) is 8.43. The first-order valence-corrected chi connectivity index (χ1v) is 9.45. The van der Waals surface area contributed by atoms with Gasteiger partial charge in [0.2, 0.25) is 5.91 Å².